The standard InChI is InChI=1S/C16H16O/c1-17-16-9-8-13-7-6-12-4-2-3-5-14(12)10-15(13)11-16/h2-5,8-9,11H,6-7,10H2,1H3. The minimum Gasteiger partial charge on any atom is -0.497 e. The van der Waals surface area contributed by atoms with E-state index in [1.807, 2.05) is 0 Å². The van der Waals surface area contributed by atoms with E-state index in [9.17, 15) is 0 Å². The average molecular weight is 224 g/mol. The Bertz CT molecular complexity index is 543. The van der Waals surface area contributed by atoms with Gasteiger partial charge in [0, 0.05) is 0 Å². The number of fused-ring (bicyclic) bond motifs is 2. The van der Waals surface area contributed by atoms with Gasteiger partial charge in [-0.2, -0.15) is 0 Å². The summed E-state index contributed by atoms with van der Waals surface area (Å²) in [4.78, 5) is 0. The third-order valence-corrected chi connectivity index (χ3v) is 3.58. The summed E-state index contributed by atoms with van der Waals surface area (Å²) in [7, 11) is 1.73. The van der Waals surface area contributed by atoms with Crippen molar-refractivity contribution in [2.24, 2.45) is 0 Å². The maximum absolute atomic E-state index is 5.31. The third kappa shape index (κ3) is 1.93. The van der Waals surface area contributed by atoms with Crippen LogP contribution >= 0.6 is 0 Å². The van der Waals surface area contributed by atoms with Gasteiger partial charge in [-0.3, -0.25) is 0 Å². The van der Waals surface area contributed by atoms with Crippen LogP contribution in [0.15, 0.2) is 42.5 Å². The van der Waals surface area contributed by atoms with Crippen LogP contribution < -0.4 is 4.74 Å². The number of aryl methyl sites for hydroxylation is 2. The first-order valence-corrected chi connectivity index (χ1v) is 6.09. The van der Waals surface area contributed by atoms with Gasteiger partial charge in [-0.25, -0.2) is 0 Å². The summed E-state index contributed by atoms with van der Waals surface area (Å²) in [5.41, 5.74) is 5.82. The first-order chi connectivity index (χ1) is 8.36. The Morgan fingerprint density at radius 3 is 2.29 bits per heavy atom. The number of benzene rings is 2. The predicted octanol–water partition coefficient (Wildman–Crippen LogP) is 3.38. The summed E-state index contributed by atoms with van der Waals surface area (Å²) in [5.74, 6) is 0.961. The van der Waals surface area contributed by atoms with Crippen molar-refractivity contribution in [3.63, 3.8) is 0 Å². The smallest absolute Gasteiger partial charge is 0.119 e. The number of rotatable bonds is 1. The zero-order valence-corrected chi connectivity index (χ0v) is 10.1. The Morgan fingerprint density at radius 2 is 1.53 bits per heavy atom. The summed E-state index contributed by atoms with van der Waals surface area (Å²) in [5, 5.41) is 0. The summed E-state index contributed by atoms with van der Waals surface area (Å²) in [6.45, 7) is 0. The zero-order valence-electron chi connectivity index (χ0n) is 10.1. The van der Waals surface area contributed by atoms with E-state index in [0.717, 1.165) is 25.0 Å². The second-order valence-electron chi connectivity index (χ2n) is 4.58. The van der Waals surface area contributed by atoms with Gasteiger partial charge in [0.05, 0.1) is 7.11 Å². The SMILES string of the molecule is COc1ccc2c(c1)Cc1ccccc1CC2. The van der Waals surface area contributed by atoms with Crippen molar-refractivity contribution in [3.05, 3.63) is 64.7 Å². The molecule has 86 valence electrons. The van der Waals surface area contributed by atoms with Crippen LogP contribution in [0.25, 0.3) is 0 Å². The molecule has 0 unspecified atom stereocenters. The minimum atomic E-state index is 0.961. The van der Waals surface area contributed by atoms with E-state index < -0.39 is 0 Å². The van der Waals surface area contributed by atoms with Crippen LogP contribution in [0.2, 0.25) is 0 Å². The monoisotopic (exact) mass is 224 g/mol. The Labute approximate surface area is 102 Å². The highest BCUT2D eigenvalue weighted by atomic mass is 16.5. The van der Waals surface area contributed by atoms with Gasteiger partial charge in [-0.15, -0.1) is 0 Å². The normalized spacial score (nSPS) is 13.5. The lowest BCUT2D eigenvalue weighted by Gasteiger charge is -2.08. The lowest BCUT2D eigenvalue weighted by molar-refractivity contribution is 0.414. The molecule has 1 aliphatic carbocycles. The number of hydrogen-bond donors (Lipinski definition) is 0. The molecular formula is C16H16O. The van der Waals surface area contributed by atoms with Gasteiger partial charge in [0.2, 0.25) is 0 Å². The topological polar surface area (TPSA) is 9.23 Å². The fourth-order valence-corrected chi connectivity index (χ4v) is 2.59. The van der Waals surface area contributed by atoms with Crippen LogP contribution in [0.3, 0.4) is 0 Å². The lowest BCUT2D eigenvalue weighted by atomic mass is 10.0. The van der Waals surface area contributed by atoms with E-state index >= 15 is 0 Å². The zero-order chi connectivity index (χ0) is 11.7. The molecule has 0 spiro atoms. The van der Waals surface area contributed by atoms with E-state index in [0.29, 0.717) is 0 Å². The Morgan fingerprint density at radius 1 is 0.824 bits per heavy atom. The van der Waals surface area contributed by atoms with Crippen molar-refractivity contribution in [3.8, 4) is 5.75 Å². The molecule has 17 heavy (non-hydrogen) atoms. The van der Waals surface area contributed by atoms with Gasteiger partial charge < -0.3 is 4.74 Å². The molecule has 0 heterocycles. The summed E-state index contributed by atoms with van der Waals surface area (Å²) < 4.78 is 5.31. The van der Waals surface area contributed by atoms with Crippen molar-refractivity contribution < 1.29 is 4.74 Å². The van der Waals surface area contributed by atoms with Gasteiger partial charge in [0.25, 0.3) is 0 Å². The Kier molecular flexibility index (Phi) is 2.60. The summed E-state index contributed by atoms with van der Waals surface area (Å²) in [6.07, 6.45) is 3.31. The van der Waals surface area contributed by atoms with Crippen LogP contribution in [-0.2, 0) is 19.3 Å². The molecule has 0 aliphatic heterocycles. The molecule has 2 aromatic rings. The number of hydrogen-bond acceptors (Lipinski definition) is 1. The molecule has 0 fully saturated rings. The van der Waals surface area contributed by atoms with Gasteiger partial charge >= 0.3 is 0 Å². The van der Waals surface area contributed by atoms with E-state index in [1.54, 1.807) is 7.11 Å². The van der Waals surface area contributed by atoms with Crippen LogP contribution in [0.4, 0.5) is 0 Å². The maximum Gasteiger partial charge on any atom is 0.119 e. The number of methoxy groups -OCH3 is 1. The first-order valence-electron chi connectivity index (χ1n) is 6.09. The molecule has 0 saturated carbocycles. The van der Waals surface area contributed by atoms with Crippen molar-refractivity contribution in [1.82, 2.24) is 0 Å². The highest BCUT2D eigenvalue weighted by Gasteiger charge is 2.13. The molecule has 0 saturated heterocycles. The van der Waals surface area contributed by atoms with E-state index in [-0.39, 0.29) is 0 Å². The fraction of sp³-hybridized carbons (Fsp3) is 0.250. The minimum absolute atomic E-state index is 0.961. The second kappa shape index (κ2) is 4.25. The van der Waals surface area contributed by atoms with Crippen LogP contribution in [-0.4, -0.2) is 7.11 Å². The van der Waals surface area contributed by atoms with E-state index in [4.69, 9.17) is 4.74 Å². The molecule has 0 N–H and O–H groups in total. The molecule has 3 rings (SSSR count). The molecule has 0 aromatic heterocycles. The third-order valence-electron chi connectivity index (χ3n) is 3.58. The largest absolute Gasteiger partial charge is 0.497 e. The molecule has 0 bridgehead atoms. The first kappa shape index (κ1) is 10.4. The molecule has 1 heteroatoms. The van der Waals surface area contributed by atoms with Crippen molar-refractivity contribution in [2.75, 3.05) is 7.11 Å². The van der Waals surface area contributed by atoms with Gasteiger partial charge in [0.1, 0.15) is 5.75 Å². The maximum atomic E-state index is 5.31. The van der Waals surface area contributed by atoms with Crippen molar-refractivity contribution >= 4 is 0 Å². The molecular weight excluding hydrogens is 208 g/mol. The van der Waals surface area contributed by atoms with Gasteiger partial charge in [0.15, 0.2) is 0 Å². The molecule has 2 aromatic carbocycles. The molecule has 1 aliphatic rings. The molecule has 0 atom stereocenters. The summed E-state index contributed by atoms with van der Waals surface area (Å²) >= 11 is 0. The van der Waals surface area contributed by atoms with Crippen molar-refractivity contribution in [1.29, 1.82) is 0 Å². The Hall–Kier alpha value is -1.76. The molecule has 0 radical (unpaired) electrons. The highest BCUT2D eigenvalue weighted by molar-refractivity contribution is 5.43. The predicted molar refractivity (Wildman–Crippen MR) is 69.7 cm³/mol. The van der Waals surface area contributed by atoms with Gasteiger partial charge in [-0.1, -0.05) is 30.3 Å². The lowest BCUT2D eigenvalue weighted by Crippen LogP contribution is -1.94. The average Bonchev–Trinajstić information content (AvgIpc) is 2.56. The Balaban J connectivity index is 2.05. The quantitative estimate of drug-likeness (QED) is 0.721. The van der Waals surface area contributed by atoms with E-state index in [2.05, 4.69) is 42.5 Å². The van der Waals surface area contributed by atoms with E-state index in [1.165, 1.54) is 22.3 Å². The van der Waals surface area contributed by atoms with Crippen LogP contribution in [0, 0.1) is 0 Å². The molecule has 0 amide bonds. The van der Waals surface area contributed by atoms with Crippen molar-refractivity contribution in [2.45, 2.75) is 19.3 Å². The molecule has 1 nitrogen and oxygen atoms in total. The highest BCUT2D eigenvalue weighted by Crippen LogP contribution is 2.27. The van der Waals surface area contributed by atoms with Gasteiger partial charge in [-0.05, 0) is 53.6 Å². The van der Waals surface area contributed by atoms with Crippen LogP contribution in [0.5, 0.6) is 5.75 Å². The second-order valence-corrected chi connectivity index (χ2v) is 4.58. The van der Waals surface area contributed by atoms with Crippen LogP contribution in [0.1, 0.15) is 22.3 Å². The fourth-order valence-electron chi connectivity index (χ4n) is 2.59. The number of ether oxygens (including phenoxy) is 1. The summed E-state index contributed by atoms with van der Waals surface area (Å²) in [6, 6.07) is 15.2.